The highest BCUT2D eigenvalue weighted by molar-refractivity contribution is 5.34. The van der Waals surface area contributed by atoms with Crippen molar-refractivity contribution >= 4 is 0 Å². The molecule has 1 N–H and O–H groups in total. The highest BCUT2D eigenvalue weighted by Crippen LogP contribution is 2.20. The summed E-state index contributed by atoms with van der Waals surface area (Å²) in [7, 11) is 2.03. The summed E-state index contributed by atoms with van der Waals surface area (Å²) in [5, 5.41) is 3.45. The summed E-state index contributed by atoms with van der Waals surface area (Å²) in [5.74, 6) is 0.515. The van der Waals surface area contributed by atoms with Crippen molar-refractivity contribution in [1.29, 1.82) is 0 Å². The summed E-state index contributed by atoms with van der Waals surface area (Å²) in [6, 6.07) is 6.88. The Morgan fingerprint density at radius 3 is 2.16 bits per heavy atom. The molecule has 1 rings (SSSR count). The maximum absolute atomic E-state index is 5.95. The van der Waals surface area contributed by atoms with Crippen LogP contribution in [-0.4, -0.2) is 25.8 Å². The van der Waals surface area contributed by atoms with Gasteiger partial charge in [-0.1, -0.05) is 32.0 Å². The third-order valence-corrected chi connectivity index (χ3v) is 3.85. The molecule has 2 unspecified atom stereocenters. The Morgan fingerprint density at radius 1 is 1.16 bits per heavy atom. The number of hydrogen-bond donors (Lipinski definition) is 1. The van der Waals surface area contributed by atoms with Crippen LogP contribution in [0, 0.1) is 19.8 Å². The molecule has 1 aromatic carbocycles. The van der Waals surface area contributed by atoms with E-state index in [1.165, 1.54) is 16.7 Å². The quantitative estimate of drug-likeness (QED) is 0.813. The summed E-state index contributed by atoms with van der Waals surface area (Å²) in [6.45, 7) is 11.7. The van der Waals surface area contributed by atoms with Crippen molar-refractivity contribution in [1.82, 2.24) is 5.32 Å². The third-order valence-electron chi connectivity index (χ3n) is 3.85. The summed E-state index contributed by atoms with van der Waals surface area (Å²) >= 11 is 0. The number of benzene rings is 1. The van der Waals surface area contributed by atoms with E-state index in [9.17, 15) is 0 Å². The van der Waals surface area contributed by atoms with E-state index in [0.717, 1.165) is 13.0 Å². The Hall–Kier alpha value is -0.860. The molecule has 108 valence electrons. The fourth-order valence-electron chi connectivity index (χ4n) is 2.74. The predicted molar refractivity (Wildman–Crippen MR) is 82.7 cm³/mol. The molecule has 19 heavy (non-hydrogen) atoms. The monoisotopic (exact) mass is 263 g/mol. The van der Waals surface area contributed by atoms with Crippen LogP contribution in [0.2, 0.25) is 0 Å². The molecule has 0 fully saturated rings. The van der Waals surface area contributed by atoms with Crippen molar-refractivity contribution in [3.63, 3.8) is 0 Å². The molecule has 0 aliphatic heterocycles. The number of likely N-dealkylation sites (N-methyl/N-ethyl adjacent to an activating group) is 1. The minimum Gasteiger partial charge on any atom is -0.377 e. The second kappa shape index (κ2) is 7.66. The molecule has 0 spiro atoms. The van der Waals surface area contributed by atoms with Gasteiger partial charge in [-0.2, -0.15) is 0 Å². The van der Waals surface area contributed by atoms with Crippen LogP contribution in [0.1, 0.15) is 37.5 Å². The Bertz CT molecular complexity index is 367. The van der Waals surface area contributed by atoms with Gasteiger partial charge in [0.05, 0.1) is 6.10 Å². The van der Waals surface area contributed by atoms with Crippen LogP contribution in [0.3, 0.4) is 0 Å². The predicted octanol–water partition coefficient (Wildman–Crippen LogP) is 3.50. The zero-order chi connectivity index (χ0) is 14.4. The van der Waals surface area contributed by atoms with Crippen LogP contribution >= 0.6 is 0 Å². The van der Waals surface area contributed by atoms with E-state index in [1.807, 2.05) is 7.05 Å². The number of ether oxygens (including phenoxy) is 1. The van der Waals surface area contributed by atoms with Gasteiger partial charge in [-0.25, -0.2) is 0 Å². The molecule has 0 heterocycles. The van der Waals surface area contributed by atoms with E-state index in [0.29, 0.717) is 12.0 Å². The molecule has 0 aliphatic rings. The van der Waals surface area contributed by atoms with Crippen molar-refractivity contribution in [3.05, 3.63) is 34.9 Å². The van der Waals surface area contributed by atoms with Crippen LogP contribution in [-0.2, 0) is 11.2 Å². The molecule has 0 radical (unpaired) electrons. The fraction of sp³-hybridized carbons (Fsp3) is 0.647. The molecular formula is C17H29NO. The first-order valence-corrected chi connectivity index (χ1v) is 7.35. The molecule has 2 heteroatoms. The van der Waals surface area contributed by atoms with E-state index in [4.69, 9.17) is 4.74 Å². The summed E-state index contributed by atoms with van der Waals surface area (Å²) in [6.07, 6.45) is 1.28. The number of hydrogen-bond acceptors (Lipinski definition) is 2. The molecule has 0 aromatic heterocycles. The van der Waals surface area contributed by atoms with Gasteiger partial charge >= 0.3 is 0 Å². The summed E-state index contributed by atoms with van der Waals surface area (Å²) in [4.78, 5) is 0. The first-order chi connectivity index (χ1) is 9.01. The highest BCUT2D eigenvalue weighted by atomic mass is 16.5. The number of aryl methyl sites for hydroxylation is 2. The maximum Gasteiger partial charge on any atom is 0.0753 e. The van der Waals surface area contributed by atoms with E-state index in [1.54, 1.807) is 0 Å². The second-order valence-electron chi connectivity index (χ2n) is 5.63. The Balaban J connectivity index is 2.91. The van der Waals surface area contributed by atoms with E-state index >= 15 is 0 Å². The first-order valence-electron chi connectivity index (χ1n) is 7.35. The standard InChI is InChI=1S/C17H29NO/c1-7-19-17(12(2)3)16(18-6)11-15-13(4)9-8-10-14(15)5/h8-10,12,16-18H,7,11H2,1-6H3. The van der Waals surface area contributed by atoms with Crippen molar-refractivity contribution in [2.45, 2.75) is 53.2 Å². The summed E-state index contributed by atoms with van der Waals surface area (Å²) < 4.78 is 5.95. The minimum absolute atomic E-state index is 0.258. The molecule has 2 nitrogen and oxygen atoms in total. The second-order valence-corrected chi connectivity index (χ2v) is 5.63. The molecule has 1 aromatic rings. The fourth-order valence-corrected chi connectivity index (χ4v) is 2.74. The van der Waals surface area contributed by atoms with Gasteiger partial charge in [0, 0.05) is 12.6 Å². The molecule has 0 bridgehead atoms. The zero-order valence-corrected chi connectivity index (χ0v) is 13.3. The Labute approximate surface area is 118 Å². The van der Waals surface area contributed by atoms with E-state index in [-0.39, 0.29) is 6.10 Å². The van der Waals surface area contributed by atoms with Crippen molar-refractivity contribution in [2.24, 2.45) is 5.92 Å². The van der Waals surface area contributed by atoms with Gasteiger partial charge in [0.25, 0.3) is 0 Å². The van der Waals surface area contributed by atoms with Gasteiger partial charge in [-0.15, -0.1) is 0 Å². The largest absolute Gasteiger partial charge is 0.377 e. The lowest BCUT2D eigenvalue weighted by atomic mass is 9.90. The van der Waals surface area contributed by atoms with Crippen LogP contribution in [0.5, 0.6) is 0 Å². The lowest BCUT2D eigenvalue weighted by Gasteiger charge is -2.30. The van der Waals surface area contributed by atoms with Crippen LogP contribution in [0.25, 0.3) is 0 Å². The minimum atomic E-state index is 0.258. The van der Waals surface area contributed by atoms with Gasteiger partial charge in [-0.3, -0.25) is 0 Å². The Morgan fingerprint density at radius 2 is 1.74 bits per heavy atom. The smallest absolute Gasteiger partial charge is 0.0753 e. The third kappa shape index (κ3) is 4.32. The van der Waals surface area contributed by atoms with Gasteiger partial charge in [0.2, 0.25) is 0 Å². The van der Waals surface area contributed by atoms with Gasteiger partial charge < -0.3 is 10.1 Å². The lowest BCUT2D eigenvalue weighted by molar-refractivity contribution is 0.00530. The van der Waals surface area contributed by atoms with Crippen LogP contribution in [0.15, 0.2) is 18.2 Å². The van der Waals surface area contributed by atoms with Gasteiger partial charge in [0.1, 0.15) is 0 Å². The zero-order valence-electron chi connectivity index (χ0n) is 13.3. The molecule has 2 atom stereocenters. The molecule has 0 amide bonds. The van der Waals surface area contributed by atoms with Crippen LogP contribution < -0.4 is 5.32 Å². The van der Waals surface area contributed by atoms with Crippen molar-refractivity contribution < 1.29 is 4.74 Å². The average Bonchev–Trinajstić information content (AvgIpc) is 2.36. The van der Waals surface area contributed by atoms with E-state index < -0.39 is 0 Å². The number of rotatable bonds is 7. The normalized spacial score (nSPS) is 14.7. The topological polar surface area (TPSA) is 21.3 Å². The van der Waals surface area contributed by atoms with Crippen LogP contribution in [0.4, 0.5) is 0 Å². The summed E-state index contributed by atoms with van der Waals surface area (Å²) in [5.41, 5.74) is 4.20. The molecule has 0 aliphatic carbocycles. The SMILES string of the molecule is CCOC(C(C)C)C(Cc1c(C)cccc1C)NC. The van der Waals surface area contributed by atoms with Crippen molar-refractivity contribution in [2.75, 3.05) is 13.7 Å². The first kappa shape index (κ1) is 16.2. The van der Waals surface area contributed by atoms with Crippen molar-refractivity contribution in [3.8, 4) is 0 Å². The maximum atomic E-state index is 5.95. The molecule has 0 saturated heterocycles. The number of nitrogens with one attached hydrogen (secondary N) is 1. The molecular weight excluding hydrogens is 234 g/mol. The average molecular weight is 263 g/mol. The van der Waals surface area contributed by atoms with Gasteiger partial charge in [-0.05, 0) is 56.8 Å². The van der Waals surface area contributed by atoms with E-state index in [2.05, 4.69) is 58.1 Å². The Kier molecular flexibility index (Phi) is 6.53. The lowest BCUT2D eigenvalue weighted by Crippen LogP contribution is -2.44. The highest BCUT2D eigenvalue weighted by Gasteiger charge is 2.24. The van der Waals surface area contributed by atoms with Gasteiger partial charge in [0.15, 0.2) is 0 Å². The molecule has 0 saturated carbocycles.